The fourth-order valence-corrected chi connectivity index (χ4v) is 3.30. The lowest BCUT2D eigenvalue weighted by atomic mass is 10.2. The molecule has 2 amide bonds. The standard InChI is InChI=1S/C15H18N4O2S/c1-19-8-7-12-13(9-19)22-15(17-12)18-14(20)16-10-21-11-5-3-2-4-6-11/h2-6H,7-10H2,1H3,(H2,16,17,18,20). The maximum Gasteiger partial charge on any atom is 0.323 e. The molecule has 0 aliphatic carbocycles. The molecule has 0 saturated carbocycles. The van der Waals surface area contributed by atoms with Crippen molar-refractivity contribution in [2.75, 3.05) is 25.6 Å². The van der Waals surface area contributed by atoms with Gasteiger partial charge in [-0.25, -0.2) is 9.78 Å². The molecule has 0 radical (unpaired) electrons. The van der Waals surface area contributed by atoms with E-state index in [-0.39, 0.29) is 12.8 Å². The third-order valence-corrected chi connectivity index (χ3v) is 4.36. The molecule has 2 aromatic rings. The molecule has 1 aromatic heterocycles. The molecule has 0 saturated heterocycles. The number of hydrogen-bond donors (Lipinski definition) is 2. The van der Waals surface area contributed by atoms with Crippen molar-refractivity contribution in [3.05, 3.63) is 40.9 Å². The summed E-state index contributed by atoms with van der Waals surface area (Å²) in [6.45, 7) is 2.02. The number of rotatable bonds is 4. The topological polar surface area (TPSA) is 66.5 Å². The van der Waals surface area contributed by atoms with Crippen LogP contribution in [0.25, 0.3) is 0 Å². The SMILES string of the molecule is CN1CCc2nc(NC(=O)NCOc3ccccc3)sc2C1. The first-order valence-electron chi connectivity index (χ1n) is 7.10. The lowest BCUT2D eigenvalue weighted by Gasteiger charge is -2.20. The quantitative estimate of drug-likeness (QED) is 0.849. The lowest BCUT2D eigenvalue weighted by molar-refractivity contribution is 0.234. The van der Waals surface area contributed by atoms with Crippen LogP contribution in [0, 0.1) is 0 Å². The second-order valence-corrected chi connectivity index (χ2v) is 6.19. The van der Waals surface area contributed by atoms with E-state index in [1.807, 2.05) is 30.3 Å². The number of hydrogen-bond acceptors (Lipinski definition) is 5. The Hall–Kier alpha value is -2.12. The number of benzene rings is 1. The van der Waals surface area contributed by atoms with Gasteiger partial charge in [-0.3, -0.25) is 5.32 Å². The minimum absolute atomic E-state index is 0.115. The number of carbonyl (C=O) groups excluding carboxylic acids is 1. The normalized spacial score (nSPS) is 14.2. The fourth-order valence-electron chi connectivity index (χ4n) is 2.22. The van der Waals surface area contributed by atoms with Gasteiger partial charge in [0.2, 0.25) is 0 Å². The van der Waals surface area contributed by atoms with E-state index >= 15 is 0 Å². The molecule has 0 bridgehead atoms. The number of urea groups is 1. The summed E-state index contributed by atoms with van der Waals surface area (Å²) in [6, 6.07) is 9.04. The third-order valence-electron chi connectivity index (χ3n) is 3.36. The molecule has 0 fully saturated rings. The van der Waals surface area contributed by atoms with Crippen molar-refractivity contribution >= 4 is 22.5 Å². The van der Waals surface area contributed by atoms with Gasteiger partial charge in [0.05, 0.1) is 5.69 Å². The van der Waals surface area contributed by atoms with E-state index in [0.717, 1.165) is 31.0 Å². The van der Waals surface area contributed by atoms with Crippen LogP contribution in [0.2, 0.25) is 0 Å². The zero-order valence-electron chi connectivity index (χ0n) is 12.3. The minimum Gasteiger partial charge on any atom is -0.473 e. The summed E-state index contributed by atoms with van der Waals surface area (Å²) in [5, 5.41) is 6.05. The predicted octanol–water partition coefficient (Wildman–Crippen LogP) is 2.29. The van der Waals surface area contributed by atoms with E-state index in [9.17, 15) is 4.79 Å². The number of carbonyl (C=O) groups is 1. The third kappa shape index (κ3) is 3.75. The van der Waals surface area contributed by atoms with Crippen LogP contribution in [0.4, 0.5) is 9.93 Å². The molecule has 1 aliphatic heterocycles. The first kappa shape index (κ1) is 14.8. The number of likely N-dealkylation sites (N-methyl/N-ethyl adjacent to an activating group) is 1. The number of ether oxygens (including phenoxy) is 1. The van der Waals surface area contributed by atoms with Crippen LogP contribution in [0.15, 0.2) is 30.3 Å². The zero-order chi connectivity index (χ0) is 15.4. The van der Waals surface area contributed by atoms with Crippen LogP contribution >= 0.6 is 11.3 Å². The average Bonchev–Trinajstić information content (AvgIpc) is 2.89. The first-order valence-corrected chi connectivity index (χ1v) is 7.92. The van der Waals surface area contributed by atoms with Gasteiger partial charge >= 0.3 is 6.03 Å². The van der Waals surface area contributed by atoms with Crippen LogP contribution in [0.3, 0.4) is 0 Å². The Labute approximate surface area is 133 Å². The summed E-state index contributed by atoms with van der Waals surface area (Å²) in [4.78, 5) is 19.8. The fraction of sp³-hybridized carbons (Fsp3) is 0.333. The van der Waals surface area contributed by atoms with Gasteiger partial charge in [0, 0.05) is 24.4 Å². The van der Waals surface area contributed by atoms with Gasteiger partial charge < -0.3 is 15.0 Å². The van der Waals surface area contributed by atoms with E-state index in [0.29, 0.717) is 5.13 Å². The number of fused-ring (bicyclic) bond motifs is 1. The van der Waals surface area contributed by atoms with Gasteiger partial charge in [-0.05, 0) is 19.2 Å². The van der Waals surface area contributed by atoms with Crippen molar-refractivity contribution < 1.29 is 9.53 Å². The molecule has 0 spiro atoms. The summed E-state index contributed by atoms with van der Waals surface area (Å²) in [7, 11) is 2.09. The van der Waals surface area contributed by atoms with Crippen molar-refractivity contribution in [3.63, 3.8) is 0 Å². The van der Waals surface area contributed by atoms with Gasteiger partial charge in [-0.15, -0.1) is 11.3 Å². The number of aromatic nitrogens is 1. The molecule has 7 heteroatoms. The number of para-hydroxylation sites is 1. The number of amides is 2. The van der Waals surface area contributed by atoms with Gasteiger partial charge in [0.15, 0.2) is 11.9 Å². The van der Waals surface area contributed by atoms with Crippen LogP contribution < -0.4 is 15.4 Å². The summed E-state index contributed by atoms with van der Waals surface area (Å²) in [6.07, 6.45) is 0.933. The zero-order valence-corrected chi connectivity index (χ0v) is 13.2. The van der Waals surface area contributed by atoms with Crippen molar-refractivity contribution in [1.29, 1.82) is 0 Å². The van der Waals surface area contributed by atoms with Crippen LogP contribution in [0.5, 0.6) is 5.75 Å². The number of thiazole rings is 1. The van der Waals surface area contributed by atoms with Gasteiger partial charge in [-0.1, -0.05) is 18.2 Å². The molecule has 6 nitrogen and oxygen atoms in total. The molecule has 116 valence electrons. The molecule has 3 rings (SSSR count). The molecule has 1 aromatic carbocycles. The monoisotopic (exact) mass is 318 g/mol. The highest BCUT2D eigenvalue weighted by Gasteiger charge is 2.18. The van der Waals surface area contributed by atoms with Gasteiger partial charge in [-0.2, -0.15) is 0 Å². The Morgan fingerprint density at radius 1 is 1.41 bits per heavy atom. The Morgan fingerprint density at radius 2 is 2.23 bits per heavy atom. The van der Waals surface area contributed by atoms with E-state index < -0.39 is 0 Å². The Bertz CT molecular complexity index is 644. The number of nitrogens with one attached hydrogen (secondary N) is 2. The molecule has 22 heavy (non-hydrogen) atoms. The van der Waals surface area contributed by atoms with Gasteiger partial charge in [0.1, 0.15) is 5.75 Å². The predicted molar refractivity (Wildman–Crippen MR) is 86.2 cm³/mol. The first-order chi connectivity index (χ1) is 10.7. The summed E-state index contributed by atoms with van der Waals surface area (Å²) in [5.74, 6) is 0.718. The Balaban J connectivity index is 1.48. The number of anilines is 1. The summed E-state index contributed by atoms with van der Waals surface area (Å²) in [5.41, 5.74) is 1.10. The highest BCUT2D eigenvalue weighted by Crippen LogP contribution is 2.27. The van der Waals surface area contributed by atoms with Crippen molar-refractivity contribution in [2.24, 2.45) is 0 Å². The average molecular weight is 318 g/mol. The molecular formula is C15H18N4O2S. The Morgan fingerprint density at radius 3 is 3.05 bits per heavy atom. The Kier molecular flexibility index (Phi) is 4.55. The largest absolute Gasteiger partial charge is 0.473 e. The highest BCUT2D eigenvalue weighted by atomic mass is 32.1. The van der Waals surface area contributed by atoms with Crippen molar-refractivity contribution in [3.8, 4) is 5.75 Å². The van der Waals surface area contributed by atoms with E-state index in [1.54, 1.807) is 0 Å². The lowest BCUT2D eigenvalue weighted by Crippen LogP contribution is -2.32. The second kappa shape index (κ2) is 6.76. The van der Waals surface area contributed by atoms with E-state index in [1.165, 1.54) is 16.2 Å². The molecule has 2 N–H and O–H groups in total. The molecule has 1 aliphatic rings. The van der Waals surface area contributed by atoms with E-state index in [4.69, 9.17) is 4.74 Å². The summed E-state index contributed by atoms with van der Waals surface area (Å²) >= 11 is 1.53. The molecular weight excluding hydrogens is 300 g/mol. The maximum atomic E-state index is 11.8. The van der Waals surface area contributed by atoms with Crippen LogP contribution in [0.1, 0.15) is 10.6 Å². The van der Waals surface area contributed by atoms with Crippen LogP contribution in [-0.2, 0) is 13.0 Å². The molecule has 2 heterocycles. The number of nitrogens with zero attached hydrogens (tertiary/aromatic N) is 2. The van der Waals surface area contributed by atoms with Crippen molar-refractivity contribution in [1.82, 2.24) is 15.2 Å². The second-order valence-electron chi connectivity index (χ2n) is 5.11. The highest BCUT2D eigenvalue weighted by molar-refractivity contribution is 7.15. The summed E-state index contributed by atoms with van der Waals surface area (Å²) < 4.78 is 5.41. The van der Waals surface area contributed by atoms with Gasteiger partial charge in [0.25, 0.3) is 0 Å². The molecule has 0 atom stereocenters. The van der Waals surface area contributed by atoms with Crippen LogP contribution in [-0.4, -0.2) is 36.2 Å². The van der Waals surface area contributed by atoms with Crippen molar-refractivity contribution in [2.45, 2.75) is 13.0 Å². The maximum absolute atomic E-state index is 11.8. The minimum atomic E-state index is -0.310. The molecule has 0 unspecified atom stereocenters. The van der Waals surface area contributed by atoms with E-state index in [2.05, 4.69) is 27.6 Å². The smallest absolute Gasteiger partial charge is 0.323 e.